The first-order chi connectivity index (χ1) is 14.1. The number of aromatic nitrogens is 3. The van der Waals surface area contributed by atoms with Crippen LogP contribution in [0.4, 0.5) is 0 Å². The Bertz CT molecular complexity index is 987. The van der Waals surface area contributed by atoms with Gasteiger partial charge in [0.15, 0.2) is 0 Å². The zero-order chi connectivity index (χ0) is 20.2. The summed E-state index contributed by atoms with van der Waals surface area (Å²) in [7, 11) is 0. The molecule has 3 aromatic rings. The Kier molecular flexibility index (Phi) is 6.13. The Balaban J connectivity index is 1.59. The zero-order valence-corrected chi connectivity index (χ0v) is 17.1. The number of benzene rings is 2. The number of rotatable bonds is 6. The Hall–Kier alpha value is -2.41. The lowest BCUT2D eigenvalue weighted by molar-refractivity contribution is -0.0808. The molecule has 0 saturated carbocycles. The molecule has 29 heavy (non-hydrogen) atoms. The molecular formula is C22H25ClN4O2. The summed E-state index contributed by atoms with van der Waals surface area (Å²) in [4.78, 5) is 16.5. The van der Waals surface area contributed by atoms with E-state index in [2.05, 4.69) is 51.3 Å². The third kappa shape index (κ3) is 4.78. The Labute approximate surface area is 174 Å². The van der Waals surface area contributed by atoms with Gasteiger partial charge in [0.05, 0.1) is 24.8 Å². The molecule has 2 heterocycles. The normalized spacial score (nSPS) is 21.2. The smallest absolute Gasteiger partial charge is 0.340 e. The van der Waals surface area contributed by atoms with E-state index in [1.807, 2.05) is 30.3 Å². The largest absolute Gasteiger partial charge is 0.369 e. The summed E-state index contributed by atoms with van der Waals surface area (Å²) >= 11 is 6.17. The van der Waals surface area contributed by atoms with Gasteiger partial charge in [0, 0.05) is 5.02 Å². The third-order valence-corrected chi connectivity index (χ3v) is 5.66. The summed E-state index contributed by atoms with van der Waals surface area (Å²) in [5.41, 5.74) is 1.99. The molecule has 152 valence electrons. The van der Waals surface area contributed by atoms with E-state index in [9.17, 15) is 4.79 Å². The van der Waals surface area contributed by atoms with E-state index in [-0.39, 0.29) is 23.9 Å². The van der Waals surface area contributed by atoms with Crippen LogP contribution in [0.1, 0.15) is 48.9 Å². The predicted octanol–water partition coefficient (Wildman–Crippen LogP) is 4.23. The molecule has 1 aliphatic rings. The zero-order valence-electron chi connectivity index (χ0n) is 16.3. The first-order valence-electron chi connectivity index (χ1n) is 9.93. The van der Waals surface area contributed by atoms with Gasteiger partial charge in [-0.05, 0) is 49.6 Å². The summed E-state index contributed by atoms with van der Waals surface area (Å²) in [5, 5.41) is 7.26. The van der Waals surface area contributed by atoms with Gasteiger partial charge in [-0.3, -0.25) is 9.88 Å². The highest BCUT2D eigenvalue weighted by molar-refractivity contribution is 6.30. The van der Waals surface area contributed by atoms with Crippen molar-refractivity contribution in [3.05, 3.63) is 87.1 Å². The van der Waals surface area contributed by atoms with Crippen LogP contribution >= 0.6 is 11.6 Å². The number of halogens is 1. The lowest BCUT2D eigenvalue weighted by Crippen LogP contribution is -2.43. The number of hydrogen-bond acceptors (Lipinski definition) is 4. The van der Waals surface area contributed by atoms with Crippen molar-refractivity contribution in [1.29, 1.82) is 0 Å². The molecule has 1 aliphatic heterocycles. The van der Waals surface area contributed by atoms with Gasteiger partial charge in [0.1, 0.15) is 5.82 Å². The maximum atomic E-state index is 11.5. The van der Waals surface area contributed by atoms with Gasteiger partial charge in [0.2, 0.25) is 0 Å². The van der Waals surface area contributed by atoms with Crippen molar-refractivity contribution in [3.63, 3.8) is 0 Å². The standard InChI is InChI=1S/C22H25ClN4O2/c1-15(17-9-5-10-18(23)13-17)29-19-11-6-12-27(14-20-24-22(28)26-25-20)21(19)16-7-3-2-4-8-16/h2-5,7-10,13,15,19,21H,6,11-12,14H2,1H3,(H2,24,25,26,28). The van der Waals surface area contributed by atoms with Crippen LogP contribution in [0.25, 0.3) is 0 Å². The minimum Gasteiger partial charge on any atom is -0.369 e. The van der Waals surface area contributed by atoms with Crippen LogP contribution < -0.4 is 5.69 Å². The van der Waals surface area contributed by atoms with E-state index >= 15 is 0 Å². The van der Waals surface area contributed by atoms with Crippen molar-refractivity contribution in [2.24, 2.45) is 0 Å². The molecule has 0 bridgehead atoms. The van der Waals surface area contributed by atoms with Gasteiger partial charge in [-0.1, -0.05) is 54.1 Å². The molecule has 1 saturated heterocycles. The average Bonchev–Trinajstić information content (AvgIpc) is 3.13. The number of hydrogen-bond donors (Lipinski definition) is 2. The van der Waals surface area contributed by atoms with Crippen molar-refractivity contribution in [2.45, 2.75) is 44.6 Å². The van der Waals surface area contributed by atoms with E-state index in [0.29, 0.717) is 17.4 Å². The second kappa shape index (κ2) is 8.95. The molecule has 0 amide bonds. The molecule has 3 atom stereocenters. The van der Waals surface area contributed by atoms with Gasteiger partial charge >= 0.3 is 5.69 Å². The molecule has 0 spiro atoms. The van der Waals surface area contributed by atoms with E-state index < -0.39 is 0 Å². The van der Waals surface area contributed by atoms with Gasteiger partial charge in [0.25, 0.3) is 0 Å². The number of ether oxygens (including phenoxy) is 1. The van der Waals surface area contributed by atoms with Crippen molar-refractivity contribution >= 4 is 11.6 Å². The maximum absolute atomic E-state index is 11.5. The molecule has 4 rings (SSSR count). The number of nitrogens with one attached hydrogen (secondary N) is 2. The fourth-order valence-corrected chi connectivity index (χ4v) is 4.29. The molecule has 6 nitrogen and oxygen atoms in total. The molecule has 2 N–H and O–H groups in total. The second-order valence-corrected chi connectivity index (χ2v) is 7.90. The average molecular weight is 413 g/mol. The summed E-state index contributed by atoms with van der Waals surface area (Å²) in [6.07, 6.45) is 1.93. The predicted molar refractivity (Wildman–Crippen MR) is 113 cm³/mol. The molecule has 1 fully saturated rings. The summed E-state index contributed by atoms with van der Waals surface area (Å²) in [5.74, 6) is 0.638. The SMILES string of the molecule is CC(OC1CCCN(Cc2n[nH]c(=O)[nH]2)C1c1ccccc1)c1cccc(Cl)c1. The van der Waals surface area contributed by atoms with Crippen LogP contribution in [-0.2, 0) is 11.3 Å². The van der Waals surface area contributed by atoms with Gasteiger partial charge in [-0.15, -0.1) is 0 Å². The number of likely N-dealkylation sites (tertiary alicyclic amines) is 1. The number of aromatic amines is 2. The van der Waals surface area contributed by atoms with E-state index in [1.54, 1.807) is 0 Å². The minimum absolute atomic E-state index is 0.0193. The van der Waals surface area contributed by atoms with Crippen LogP contribution in [0, 0.1) is 0 Å². The minimum atomic E-state index is -0.282. The summed E-state index contributed by atoms with van der Waals surface area (Å²) in [6, 6.07) is 18.3. The summed E-state index contributed by atoms with van der Waals surface area (Å²) < 4.78 is 6.57. The topological polar surface area (TPSA) is 74.0 Å². The monoisotopic (exact) mass is 412 g/mol. The first-order valence-corrected chi connectivity index (χ1v) is 10.3. The van der Waals surface area contributed by atoms with Crippen LogP contribution in [-0.4, -0.2) is 32.7 Å². The van der Waals surface area contributed by atoms with Crippen molar-refractivity contribution in [1.82, 2.24) is 20.1 Å². The van der Waals surface area contributed by atoms with Gasteiger partial charge in [-0.2, -0.15) is 5.10 Å². The number of piperidine rings is 1. The lowest BCUT2D eigenvalue weighted by Gasteiger charge is -2.42. The van der Waals surface area contributed by atoms with Crippen LogP contribution in [0.2, 0.25) is 5.02 Å². The molecule has 3 unspecified atom stereocenters. The van der Waals surface area contributed by atoms with Crippen molar-refractivity contribution < 1.29 is 4.74 Å². The Morgan fingerprint density at radius 2 is 2.07 bits per heavy atom. The van der Waals surface area contributed by atoms with Gasteiger partial charge < -0.3 is 4.74 Å². The molecule has 0 radical (unpaired) electrons. The molecular weight excluding hydrogens is 388 g/mol. The van der Waals surface area contributed by atoms with Crippen LogP contribution in [0.15, 0.2) is 59.4 Å². The number of H-pyrrole nitrogens is 2. The molecule has 0 aliphatic carbocycles. The second-order valence-electron chi connectivity index (χ2n) is 7.46. The Morgan fingerprint density at radius 1 is 1.24 bits per heavy atom. The van der Waals surface area contributed by atoms with E-state index in [1.165, 1.54) is 5.56 Å². The maximum Gasteiger partial charge on any atom is 0.340 e. The molecule has 1 aromatic heterocycles. The summed E-state index contributed by atoms with van der Waals surface area (Å²) in [6.45, 7) is 3.54. The molecule has 2 aromatic carbocycles. The Morgan fingerprint density at radius 3 is 2.79 bits per heavy atom. The van der Waals surface area contributed by atoms with E-state index in [4.69, 9.17) is 16.3 Å². The molecule has 7 heteroatoms. The highest BCUT2D eigenvalue weighted by Gasteiger charge is 2.35. The van der Waals surface area contributed by atoms with Crippen molar-refractivity contribution in [2.75, 3.05) is 6.54 Å². The number of nitrogens with zero attached hydrogens (tertiary/aromatic N) is 2. The fourth-order valence-electron chi connectivity index (χ4n) is 4.10. The fraction of sp³-hybridized carbons (Fsp3) is 0.364. The highest BCUT2D eigenvalue weighted by Crippen LogP contribution is 2.37. The van der Waals surface area contributed by atoms with E-state index in [0.717, 1.165) is 24.9 Å². The first kappa shape index (κ1) is 19.9. The quantitative estimate of drug-likeness (QED) is 0.635. The van der Waals surface area contributed by atoms with Crippen LogP contribution in [0.5, 0.6) is 0 Å². The van der Waals surface area contributed by atoms with Crippen molar-refractivity contribution in [3.8, 4) is 0 Å². The van der Waals surface area contributed by atoms with Crippen LogP contribution in [0.3, 0.4) is 0 Å². The lowest BCUT2D eigenvalue weighted by atomic mass is 9.92. The highest BCUT2D eigenvalue weighted by atomic mass is 35.5. The van der Waals surface area contributed by atoms with Gasteiger partial charge in [-0.25, -0.2) is 9.89 Å². The third-order valence-electron chi connectivity index (χ3n) is 5.42.